The molecule has 70 heavy (non-hydrogen) atoms. The average molecular weight is 944 g/mol. The van der Waals surface area contributed by atoms with E-state index >= 15 is 0 Å². The lowest BCUT2D eigenvalue weighted by Gasteiger charge is -2.46. The van der Waals surface area contributed by atoms with Crippen molar-refractivity contribution in [3.8, 4) is 17.4 Å². The maximum absolute atomic E-state index is 11.5. The van der Waals surface area contributed by atoms with Gasteiger partial charge in [-0.05, 0) is 123 Å². The second-order valence-electron chi connectivity index (χ2n) is 19.4. The van der Waals surface area contributed by atoms with Crippen molar-refractivity contribution in [2.75, 3.05) is 9.80 Å². The molecule has 9 aromatic carbocycles. The standard InChI is InChI=1S/C63H46BN5S/c1-62(2,3)37-21-27-50-45(31-37)46-32-38(63(4,5)6)22-28-51(46)66(50)39-24-26-47-54(33-39)67(40-23-25-43-42-14-8-10-20-57(42)70-58(43)34-40)55-29-36(35-65)30-56-59(55)64(47)48-16-12-19-53-61(48)69(56)52-18-11-15-44-41-13-7-9-17-49(41)68(53)60(44)52/h7-34H,1-6H3/i7D,8D,9D,10D,11D,12D,13D,14D,15D,16D,17D,18D,19D,20D,21D,22D,23D,24D,25D,26D,27D,28D,29D,30D,31D,32D,33D,34D. The summed E-state index contributed by atoms with van der Waals surface area (Å²) in [6.07, 6.45) is 0. The van der Waals surface area contributed by atoms with Gasteiger partial charge in [-0.25, -0.2) is 0 Å². The molecule has 12 aromatic rings. The van der Waals surface area contributed by atoms with Crippen molar-refractivity contribution in [3.05, 3.63) is 186 Å². The lowest BCUT2D eigenvalue weighted by molar-refractivity contribution is 0.590. The predicted molar refractivity (Wildman–Crippen MR) is 298 cm³/mol. The molecule has 3 aliphatic heterocycles. The largest absolute Gasteiger partial charge is 0.311 e. The van der Waals surface area contributed by atoms with Gasteiger partial charge in [0.15, 0.2) is 0 Å². The van der Waals surface area contributed by atoms with Crippen LogP contribution in [0.2, 0.25) is 0 Å². The number of thiophene rings is 1. The molecule has 0 N–H and O–H groups in total. The number of para-hydroxylation sites is 3. The monoisotopic (exact) mass is 944 g/mol. The summed E-state index contributed by atoms with van der Waals surface area (Å²) in [6, 6.07) is -19.3. The smallest absolute Gasteiger partial charge is 0.252 e. The summed E-state index contributed by atoms with van der Waals surface area (Å²) in [5.74, 6) is 0. The van der Waals surface area contributed by atoms with Gasteiger partial charge >= 0.3 is 0 Å². The van der Waals surface area contributed by atoms with E-state index in [1.54, 1.807) is 41.5 Å². The molecule has 0 spiro atoms. The predicted octanol–water partition coefficient (Wildman–Crippen LogP) is 15.1. The molecule has 6 heterocycles. The Bertz CT molecular complexity index is 5960. The van der Waals surface area contributed by atoms with E-state index in [1.807, 2.05) is 6.07 Å². The van der Waals surface area contributed by atoms with Crippen molar-refractivity contribution in [1.82, 2.24) is 9.13 Å². The van der Waals surface area contributed by atoms with Gasteiger partial charge in [-0.2, -0.15) is 5.26 Å². The first-order valence-electron chi connectivity index (χ1n) is 36.2. The molecule has 5 nitrogen and oxygen atoms in total. The Morgan fingerprint density at radius 3 is 1.84 bits per heavy atom. The molecule has 0 atom stereocenters. The van der Waals surface area contributed by atoms with Crippen LogP contribution >= 0.6 is 11.3 Å². The van der Waals surface area contributed by atoms with Gasteiger partial charge in [0, 0.05) is 70.2 Å². The van der Waals surface area contributed by atoms with Crippen LogP contribution in [0, 0.1) is 11.3 Å². The number of nitriles is 1. The van der Waals surface area contributed by atoms with Gasteiger partial charge in [0.1, 0.15) is 0 Å². The molecule has 15 rings (SSSR count). The second-order valence-corrected chi connectivity index (χ2v) is 20.5. The van der Waals surface area contributed by atoms with Gasteiger partial charge in [-0.15, -0.1) is 11.3 Å². The normalized spacial score (nSPS) is 19.4. The van der Waals surface area contributed by atoms with E-state index in [0.717, 1.165) is 18.9 Å². The molecule has 0 radical (unpaired) electrons. The summed E-state index contributed by atoms with van der Waals surface area (Å²) in [7, 11) is 0. The summed E-state index contributed by atoms with van der Waals surface area (Å²) < 4.78 is 274. The first-order chi connectivity index (χ1) is 45.7. The zero-order valence-electron chi connectivity index (χ0n) is 65.7. The fourth-order valence-corrected chi connectivity index (χ4v) is 11.1. The molecule has 3 aliphatic rings. The SMILES string of the molecule is [2H]c1c([2H])c2c3c(c1[2H])-n1c4c([2H])c([2H])c([2H])c([2H])c4c4c([2H])c([2H])c([2H])c(c41)N3c1c([2H])c(C#N)c([2H])c3c1B2c1c([2H])c([2H])c(-n2c4c([2H])c([2H])c(C(C)(C)C)c([2H])c4c4c([2H])c(C(C)(C)C)c([2H])c([2H])c42)c([2H])c1N3c1c([2H])c([2H])c2c(sc3c([2H])c([2H])c([2H])c([2H])c32)c1[2H]. The van der Waals surface area contributed by atoms with Crippen molar-refractivity contribution >= 4 is 132 Å². The number of aromatic nitrogens is 2. The van der Waals surface area contributed by atoms with E-state index < -0.39 is 271 Å². The molecular weight excluding hydrogens is 870 g/mol. The van der Waals surface area contributed by atoms with E-state index in [4.69, 9.17) is 8.22 Å². The highest BCUT2D eigenvalue weighted by molar-refractivity contribution is 7.25. The number of anilines is 6. The van der Waals surface area contributed by atoms with Gasteiger partial charge in [-0.3, -0.25) is 0 Å². The van der Waals surface area contributed by atoms with Crippen LogP contribution in [0.25, 0.3) is 75.2 Å². The number of hydrogen-bond acceptors (Lipinski definition) is 4. The average Bonchev–Trinajstić information content (AvgIpc) is 1.14. The van der Waals surface area contributed by atoms with Gasteiger partial charge in [0.25, 0.3) is 6.71 Å². The molecule has 332 valence electrons. The highest BCUT2D eigenvalue weighted by Gasteiger charge is 2.46. The summed E-state index contributed by atoms with van der Waals surface area (Å²) in [6.45, 7) is 8.13. The van der Waals surface area contributed by atoms with E-state index in [1.165, 1.54) is 0 Å². The number of fused-ring (bicyclic) bond motifs is 15. The van der Waals surface area contributed by atoms with E-state index in [2.05, 4.69) is 0 Å². The maximum atomic E-state index is 11.5. The highest BCUT2D eigenvalue weighted by atomic mass is 32.1. The third-order valence-corrected chi connectivity index (χ3v) is 14.3. The molecule has 0 bridgehead atoms. The third kappa shape index (κ3) is 5.21. The number of nitrogens with zero attached hydrogens (tertiary/aromatic N) is 5. The highest BCUT2D eigenvalue weighted by Crippen LogP contribution is 2.53. The van der Waals surface area contributed by atoms with Crippen LogP contribution in [0.4, 0.5) is 34.1 Å². The Labute approximate surface area is 450 Å². The fraction of sp³-hybridized carbons (Fsp3) is 0.127. The Hall–Kier alpha value is -8.05. The third-order valence-electron chi connectivity index (χ3n) is 13.3. The summed E-state index contributed by atoms with van der Waals surface area (Å²) in [4.78, 5) is 1.95. The number of rotatable bonds is 2. The summed E-state index contributed by atoms with van der Waals surface area (Å²) in [5, 5.41) is 9.72. The van der Waals surface area contributed by atoms with Gasteiger partial charge in [0.2, 0.25) is 0 Å². The van der Waals surface area contributed by atoms with Crippen LogP contribution in [-0.4, -0.2) is 15.8 Å². The number of benzene rings is 9. The van der Waals surface area contributed by atoms with Crippen molar-refractivity contribution in [3.63, 3.8) is 0 Å². The maximum Gasteiger partial charge on any atom is 0.252 e. The Balaban J connectivity index is 1.23. The summed E-state index contributed by atoms with van der Waals surface area (Å²) in [5.41, 5.74) is -11.0. The molecule has 0 amide bonds. The molecule has 0 saturated carbocycles. The fourth-order valence-electron chi connectivity index (χ4n) is 10.1. The first kappa shape index (κ1) is 21.3. The van der Waals surface area contributed by atoms with Gasteiger partial charge in [0.05, 0.1) is 89.1 Å². The molecule has 0 aliphatic carbocycles. The van der Waals surface area contributed by atoms with Crippen LogP contribution < -0.4 is 26.2 Å². The van der Waals surface area contributed by atoms with E-state index in [-0.39, 0.29) is 58.4 Å². The zero-order chi connectivity index (χ0) is 71.5. The molecule has 0 fully saturated rings. The van der Waals surface area contributed by atoms with Crippen LogP contribution in [0.15, 0.2) is 169 Å². The van der Waals surface area contributed by atoms with Gasteiger partial charge < -0.3 is 18.9 Å². The Morgan fingerprint density at radius 1 is 0.471 bits per heavy atom. The molecule has 0 saturated heterocycles. The minimum absolute atomic E-state index is 0.0167. The second kappa shape index (κ2) is 13.6. The van der Waals surface area contributed by atoms with E-state index in [9.17, 15) is 35.4 Å². The van der Waals surface area contributed by atoms with E-state index in [0.29, 0.717) is 11.3 Å². The topological polar surface area (TPSA) is 40.1 Å². The quantitative estimate of drug-likeness (QED) is 0.162. The van der Waals surface area contributed by atoms with Crippen LogP contribution in [0.3, 0.4) is 0 Å². The molecule has 7 heteroatoms. The van der Waals surface area contributed by atoms with Crippen molar-refractivity contribution < 1.29 is 38.4 Å². The Kier molecular flexibility index (Phi) is 4.14. The minimum Gasteiger partial charge on any atom is -0.311 e. The van der Waals surface area contributed by atoms with Crippen LogP contribution in [-0.2, 0) is 10.8 Å². The Morgan fingerprint density at radius 2 is 1.10 bits per heavy atom. The van der Waals surface area contributed by atoms with Crippen molar-refractivity contribution in [2.24, 2.45) is 0 Å². The molecule has 0 unspecified atom stereocenters. The molecule has 3 aromatic heterocycles. The lowest BCUT2D eigenvalue weighted by Crippen LogP contribution is -2.61. The number of hydrogen-bond donors (Lipinski definition) is 0. The van der Waals surface area contributed by atoms with Crippen LogP contribution in [0.1, 0.15) is 96.6 Å². The summed E-state index contributed by atoms with van der Waals surface area (Å²) >= 11 is 0.619. The van der Waals surface area contributed by atoms with Crippen molar-refractivity contribution in [2.45, 2.75) is 52.4 Å². The zero-order valence-corrected chi connectivity index (χ0v) is 38.5. The van der Waals surface area contributed by atoms with Crippen LogP contribution in [0.5, 0.6) is 0 Å². The minimum atomic E-state index is -2.02. The van der Waals surface area contributed by atoms with Gasteiger partial charge in [-0.1, -0.05) is 126 Å². The first-order valence-corrected chi connectivity index (χ1v) is 23.0. The van der Waals surface area contributed by atoms with Crippen molar-refractivity contribution in [1.29, 1.82) is 5.26 Å². The lowest BCUT2D eigenvalue weighted by atomic mass is 9.33. The molecular formula is C63H46BN5S.